The highest BCUT2D eigenvalue weighted by molar-refractivity contribution is 5.82. The van der Waals surface area contributed by atoms with E-state index in [4.69, 9.17) is 10.3 Å². The Bertz CT molecular complexity index is 482. The minimum atomic E-state index is -0.388. The number of carbonyl (C=O) groups excluding carboxylic acids is 1. The summed E-state index contributed by atoms with van der Waals surface area (Å²) in [6, 6.07) is -0.388. The Morgan fingerprint density at radius 2 is 2.00 bits per heavy atom. The van der Waals surface area contributed by atoms with Gasteiger partial charge in [0.15, 0.2) is 5.82 Å². The number of amides is 1. The van der Waals surface area contributed by atoms with Crippen LogP contribution < -0.4 is 5.73 Å². The van der Waals surface area contributed by atoms with Crippen LogP contribution in [0.4, 0.5) is 0 Å². The molecule has 2 heterocycles. The van der Waals surface area contributed by atoms with Gasteiger partial charge in [0, 0.05) is 32.6 Å². The number of hydrogen-bond acceptors (Lipinski definition) is 6. The Labute approximate surface area is 131 Å². The Morgan fingerprint density at radius 3 is 2.55 bits per heavy atom. The molecule has 7 nitrogen and oxygen atoms in total. The number of nitrogens with two attached hydrogens (primary N) is 1. The van der Waals surface area contributed by atoms with Crippen molar-refractivity contribution in [3.63, 3.8) is 0 Å². The molecule has 0 bridgehead atoms. The largest absolute Gasteiger partial charge is 0.339 e. The highest BCUT2D eigenvalue weighted by Crippen LogP contribution is 2.12. The normalized spacial score (nSPS) is 19.2. The lowest BCUT2D eigenvalue weighted by Crippen LogP contribution is -2.54. The van der Waals surface area contributed by atoms with Crippen molar-refractivity contribution < 1.29 is 9.32 Å². The van der Waals surface area contributed by atoms with Gasteiger partial charge in [-0.1, -0.05) is 32.3 Å². The third kappa shape index (κ3) is 4.04. The molecule has 0 radical (unpaired) electrons. The number of carbonyl (C=O) groups is 1. The minimum Gasteiger partial charge on any atom is -0.339 e. The fourth-order valence-corrected chi connectivity index (χ4v) is 2.53. The molecule has 1 aliphatic rings. The Balaban J connectivity index is 1.81. The highest BCUT2D eigenvalue weighted by Gasteiger charge is 2.28. The summed E-state index contributed by atoms with van der Waals surface area (Å²) in [5.74, 6) is 1.68. The predicted molar refractivity (Wildman–Crippen MR) is 83.0 cm³/mol. The Hall–Kier alpha value is -1.47. The molecular weight excluding hydrogens is 282 g/mol. The molecular formula is C15H27N5O2. The van der Waals surface area contributed by atoms with Gasteiger partial charge in [-0.2, -0.15) is 4.98 Å². The molecule has 2 atom stereocenters. The predicted octanol–water partition coefficient (Wildman–Crippen LogP) is 0.650. The summed E-state index contributed by atoms with van der Waals surface area (Å²) in [6.07, 6.45) is 1.67. The molecule has 2 N–H and O–H groups in total. The molecule has 0 aliphatic carbocycles. The van der Waals surface area contributed by atoms with E-state index in [2.05, 4.69) is 22.0 Å². The zero-order chi connectivity index (χ0) is 16.1. The smallest absolute Gasteiger partial charge is 0.239 e. The molecule has 22 heavy (non-hydrogen) atoms. The second kappa shape index (κ2) is 7.69. The van der Waals surface area contributed by atoms with Crippen LogP contribution in [-0.4, -0.2) is 58.1 Å². The van der Waals surface area contributed by atoms with Crippen molar-refractivity contribution in [1.29, 1.82) is 0 Å². The number of nitrogens with zero attached hydrogens (tertiary/aromatic N) is 4. The highest BCUT2D eigenvalue weighted by atomic mass is 16.5. The molecule has 1 aromatic heterocycles. The average Bonchev–Trinajstić information content (AvgIpc) is 3.01. The van der Waals surface area contributed by atoms with Gasteiger partial charge in [-0.15, -0.1) is 0 Å². The van der Waals surface area contributed by atoms with Gasteiger partial charge < -0.3 is 15.2 Å². The first-order valence-electron chi connectivity index (χ1n) is 8.13. The van der Waals surface area contributed by atoms with Crippen LogP contribution >= 0.6 is 0 Å². The quantitative estimate of drug-likeness (QED) is 0.830. The van der Waals surface area contributed by atoms with Crippen molar-refractivity contribution in [3.05, 3.63) is 11.7 Å². The van der Waals surface area contributed by atoms with E-state index < -0.39 is 0 Å². The van der Waals surface area contributed by atoms with Crippen molar-refractivity contribution in [2.24, 2.45) is 11.7 Å². The number of piperazine rings is 1. The van der Waals surface area contributed by atoms with Gasteiger partial charge in [0.2, 0.25) is 11.8 Å². The zero-order valence-corrected chi connectivity index (χ0v) is 13.8. The van der Waals surface area contributed by atoms with Gasteiger partial charge >= 0.3 is 0 Å². The van der Waals surface area contributed by atoms with Crippen LogP contribution in [0, 0.1) is 5.92 Å². The first-order valence-corrected chi connectivity index (χ1v) is 8.13. The van der Waals surface area contributed by atoms with E-state index in [-0.39, 0.29) is 17.9 Å². The lowest BCUT2D eigenvalue weighted by atomic mass is 9.98. The maximum Gasteiger partial charge on any atom is 0.239 e. The minimum absolute atomic E-state index is 0.0711. The van der Waals surface area contributed by atoms with Crippen LogP contribution in [0.25, 0.3) is 0 Å². The van der Waals surface area contributed by atoms with Crippen LogP contribution in [0.2, 0.25) is 0 Å². The Morgan fingerprint density at radius 1 is 1.32 bits per heavy atom. The Kier molecular flexibility index (Phi) is 5.90. The molecule has 0 aromatic carbocycles. The van der Waals surface area contributed by atoms with Gasteiger partial charge in [-0.3, -0.25) is 9.69 Å². The molecule has 1 amide bonds. The maximum absolute atomic E-state index is 12.3. The summed E-state index contributed by atoms with van der Waals surface area (Å²) in [6.45, 7) is 9.80. The summed E-state index contributed by atoms with van der Waals surface area (Å²) in [5.41, 5.74) is 6.04. The summed E-state index contributed by atoms with van der Waals surface area (Å²) in [5, 5.41) is 3.97. The molecule has 1 aromatic rings. The SMILES string of the molecule is CCc1nc(CN2CCN(C(=O)C(N)C(C)CC)CC2)no1. The monoisotopic (exact) mass is 309 g/mol. The third-order valence-corrected chi connectivity index (χ3v) is 4.40. The topological polar surface area (TPSA) is 88.5 Å². The molecule has 124 valence electrons. The fraction of sp³-hybridized carbons (Fsp3) is 0.800. The number of hydrogen-bond donors (Lipinski definition) is 1. The van der Waals surface area contributed by atoms with Crippen molar-refractivity contribution >= 4 is 5.91 Å². The number of rotatable bonds is 6. The number of aryl methyl sites for hydroxylation is 1. The van der Waals surface area contributed by atoms with Crippen LogP contribution in [-0.2, 0) is 17.8 Å². The molecule has 1 saturated heterocycles. The van der Waals surface area contributed by atoms with E-state index in [1.54, 1.807) is 0 Å². The van der Waals surface area contributed by atoms with Crippen LogP contribution in [0.3, 0.4) is 0 Å². The van der Waals surface area contributed by atoms with Crippen LogP contribution in [0.1, 0.15) is 38.9 Å². The lowest BCUT2D eigenvalue weighted by molar-refractivity contribution is -0.135. The molecule has 1 fully saturated rings. The van der Waals surface area contributed by atoms with Crippen molar-refractivity contribution in [3.8, 4) is 0 Å². The lowest BCUT2D eigenvalue weighted by Gasteiger charge is -2.36. The third-order valence-electron chi connectivity index (χ3n) is 4.40. The van der Waals surface area contributed by atoms with Crippen LogP contribution in [0.5, 0.6) is 0 Å². The summed E-state index contributed by atoms with van der Waals surface area (Å²) in [7, 11) is 0. The van der Waals surface area contributed by atoms with E-state index in [1.807, 2.05) is 18.7 Å². The maximum atomic E-state index is 12.3. The fourth-order valence-electron chi connectivity index (χ4n) is 2.53. The van der Waals surface area contributed by atoms with Crippen molar-refractivity contribution in [2.45, 2.75) is 46.2 Å². The van der Waals surface area contributed by atoms with E-state index in [0.29, 0.717) is 31.3 Å². The first-order chi connectivity index (χ1) is 10.5. The molecule has 2 unspecified atom stereocenters. The van der Waals surface area contributed by atoms with Crippen molar-refractivity contribution in [2.75, 3.05) is 26.2 Å². The van der Waals surface area contributed by atoms with Gasteiger partial charge in [-0.05, 0) is 5.92 Å². The average molecular weight is 309 g/mol. The van der Waals surface area contributed by atoms with E-state index >= 15 is 0 Å². The zero-order valence-electron chi connectivity index (χ0n) is 13.8. The van der Waals surface area contributed by atoms with Gasteiger partial charge in [0.1, 0.15) is 0 Å². The standard InChI is InChI=1S/C15H27N5O2/c1-4-11(3)14(16)15(21)20-8-6-19(7-9-20)10-12-17-13(5-2)22-18-12/h11,14H,4-10,16H2,1-3H3. The van der Waals surface area contributed by atoms with Gasteiger partial charge in [0.25, 0.3) is 0 Å². The number of aromatic nitrogens is 2. The van der Waals surface area contributed by atoms with Gasteiger partial charge in [-0.25, -0.2) is 0 Å². The van der Waals surface area contributed by atoms with E-state index in [0.717, 1.165) is 25.9 Å². The molecule has 7 heteroatoms. The summed E-state index contributed by atoms with van der Waals surface area (Å²) in [4.78, 5) is 20.8. The van der Waals surface area contributed by atoms with Gasteiger partial charge in [0.05, 0.1) is 12.6 Å². The van der Waals surface area contributed by atoms with E-state index in [1.165, 1.54) is 0 Å². The molecule has 0 saturated carbocycles. The molecule has 0 spiro atoms. The van der Waals surface area contributed by atoms with E-state index in [9.17, 15) is 4.79 Å². The summed E-state index contributed by atoms with van der Waals surface area (Å²) < 4.78 is 5.12. The first kappa shape index (κ1) is 16.9. The van der Waals surface area contributed by atoms with Crippen molar-refractivity contribution in [1.82, 2.24) is 19.9 Å². The summed E-state index contributed by atoms with van der Waals surface area (Å²) >= 11 is 0. The second-order valence-electron chi connectivity index (χ2n) is 5.97. The van der Waals surface area contributed by atoms with Crippen LogP contribution in [0.15, 0.2) is 4.52 Å². The molecule has 2 rings (SSSR count). The molecule has 1 aliphatic heterocycles. The second-order valence-corrected chi connectivity index (χ2v) is 5.97.